The number of halogens is 2. The molecule has 0 bridgehead atoms. The lowest BCUT2D eigenvalue weighted by atomic mass is 9.78. The van der Waals surface area contributed by atoms with Gasteiger partial charge >= 0.3 is 5.97 Å². The molecule has 0 saturated heterocycles. The number of carbonyl (C=O) groups excluding carboxylic acids is 2. The fraction of sp³-hybridized carbons (Fsp3) is 0.429. The first-order chi connectivity index (χ1) is 8.95. The summed E-state index contributed by atoms with van der Waals surface area (Å²) in [5.41, 5.74) is -1.93. The fourth-order valence-electron chi connectivity index (χ4n) is 1.84. The highest BCUT2D eigenvalue weighted by molar-refractivity contribution is 6.03. The van der Waals surface area contributed by atoms with Gasteiger partial charge in [-0.05, 0) is 19.4 Å². The molecular formula is C14H16F2O3. The van der Waals surface area contributed by atoms with Gasteiger partial charge in [0.05, 0.1) is 6.61 Å². The second-order valence-corrected chi connectivity index (χ2v) is 4.21. The summed E-state index contributed by atoms with van der Waals surface area (Å²) in [4.78, 5) is 23.5. The fourth-order valence-corrected chi connectivity index (χ4v) is 1.84. The van der Waals surface area contributed by atoms with Crippen molar-refractivity contribution in [3.8, 4) is 0 Å². The number of esters is 1. The molecule has 0 amide bonds. The molecular weight excluding hydrogens is 254 g/mol. The first-order valence-corrected chi connectivity index (χ1v) is 5.95. The number of benzene rings is 1. The van der Waals surface area contributed by atoms with Crippen LogP contribution in [-0.4, -0.2) is 24.8 Å². The van der Waals surface area contributed by atoms with Crippen LogP contribution in [0.4, 0.5) is 8.78 Å². The van der Waals surface area contributed by atoms with Gasteiger partial charge in [-0.1, -0.05) is 30.3 Å². The Morgan fingerprint density at radius 2 is 1.84 bits per heavy atom. The standard InChI is InChI=1S/C14H16F2O3/c1-3-19-13(18)14(10(2)17,12(15)16)9-11-7-5-4-6-8-11/h4-8,12H,3,9H2,1-2H3. The number of Topliss-reactive ketones (excluding diaryl/α,β-unsaturated/α-hetero) is 1. The number of rotatable bonds is 6. The van der Waals surface area contributed by atoms with E-state index in [0.717, 1.165) is 6.92 Å². The van der Waals surface area contributed by atoms with E-state index in [9.17, 15) is 18.4 Å². The van der Waals surface area contributed by atoms with Crippen molar-refractivity contribution < 1.29 is 23.1 Å². The molecule has 0 radical (unpaired) electrons. The highest BCUT2D eigenvalue weighted by atomic mass is 19.3. The van der Waals surface area contributed by atoms with E-state index in [1.54, 1.807) is 30.3 Å². The molecule has 3 nitrogen and oxygen atoms in total. The summed E-state index contributed by atoms with van der Waals surface area (Å²) >= 11 is 0. The Balaban J connectivity index is 3.17. The van der Waals surface area contributed by atoms with Crippen LogP contribution in [0.3, 0.4) is 0 Å². The molecule has 1 unspecified atom stereocenters. The van der Waals surface area contributed by atoms with E-state index in [1.807, 2.05) is 0 Å². The van der Waals surface area contributed by atoms with Gasteiger partial charge in [-0.3, -0.25) is 9.59 Å². The zero-order valence-corrected chi connectivity index (χ0v) is 10.9. The van der Waals surface area contributed by atoms with Crippen LogP contribution in [0.2, 0.25) is 0 Å². The number of hydrogen-bond donors (Lipinski definition) is 0. The van der Waals surface area contributed by atoms with Gasteiger partial charge < -0.3 is 4.74 Å². The van der Waals surface area contributed by atoms with Crippen molar-refractivity contribution in [3.63, 3.8) is 0 Å². The van der Waals surface area contributed by atoms with Gasteiger partial charge in [0.15, 0.2) is 11.2 Å². The molecule has 0 spiro atoms. The Morgan fingerprint density at radius 3 is 2.26 bits per heavy atom. The van der Waals surface area contributed by atoms with Gasteiger partial charge in [0.1, 0.15) is 0 Å². The zero-order chi connectivity index (χ0) is 14.5. The lowest BCUT2D eigenvalue weighted by molar-refractivity contribution is -0.170. The maximum Gasteiger partial charge on any atom is 0.325 e. The van der Waals surface area contributed by atoms with E-state index >= 15 is 0 Å². The molecule has 0 aliphatic rings. The minimum Gasteiger partial charge on any atom is -0.465 e. The molecule has 0 aliphatic heterocycles. The lowest BCUT2D eigenvalue weighted by Crippen LogP contribution is -2.47. The van der Waals surface area contributed by atoms with E-state index in [4.69, 9.17) is 0 Å². The normalized spacial score (nSPS) is 13.9. The molecule has 1 aromatic carbocycles. The molecule has 19 heavy (non-hydrogen) atoms. The third-order valence-corrected chi connectivity index (χ3v) is 2.97. The first-order valence-electron chi connectivity index (χ1n) is 5.95. The smallest absolute Gasteiger partial charge is 0.325 e. The molecule has 0 heterocycles. The molecule has 0 fully saturated rings. The monoisotopic (exact) mass is 270 g/mol. The minimum atomic E-state index is -3.11. The van der Waals surface area contributed by atoms with Gasteiger partial charge in [-0.25, -0.2) is 8.78 Å². The average molecular weight is 270 g/mol. The maximum atomic E-state index is 13.3. The summed E-state index contributed by atoms with van der Waals surface area (Å²) in [5.74, 6) is -2.05. The molecule has 0 aromatic heterocycles. The third-order valence-electron chi connectivity index (χ3n) is 2.97. The van der Waals surface area contributed by atoms with Gasteiger partial charge in [0.25, 0.3) is 6.43 Å². The minimum absolute atomic E-state index is 0.0463. The van der Waals surface area contributed by atoms with E-state index in [1.165, 1.54) is 6.92 Å². The van der Waals surface area contributed by atoms with Crippen LogP contribution in [-0.2, 0) is 20.7 Å². The number of ketones is 1. The predicted molar refractivity (Wildman–Crippen MR) is 65.9 cm³/mol. The van der Waals surface area contributed by atoms with Gasteiger partial charge in [-0.2, -0.15) is 0 Å². The zero-order valence-electron chi connectivity index (χ0n) is 10.9. The van der Waals surface area contributed by atoms with Crippen molar-refractivity contribution in [3.05, 3.63) is 35.9 Å². The third kappa shape index (κ3) is 3.16. The maximum absolute atomic E-state index is 13.3. The van der Waals surface area contributed by atoms with Crippen molar-refractivity contribution in [2.45, 2.75) is 26.7 Å². The molecule has 1 atom stereocenters. The molecule has 104 valence electrons. The van der Waals surface area contributed by atoms with Crippen LogP contribution < -0.4 is 0 Å². The molecule has 0 aliphatic carbocycles. The Bertz CT molecular complexity index is 445. The second kappa shape index (κ2) is 6.41. The highest BCUT2D eigenvalue weighted by Gasteiger charge is 2.53. The van der Waals surface area contributed by atoms with Crippen LogP contribution in [0, 0.1) is 5.41 Å². The van der Waals surface area contributed by atoms with Crippen LogP contribution in [0.5, 0.6) is 0 Å². The van der Waals surface area contributed by atoms with E-state index in [0.29, 0.717) is 5.56 Å². The largest absolute Gasteiger partial charge is 0.465 e. The summed E-state index contributed by atoms with van der Waals surface area (Å²) in [6.07, 6.45) is -3.47. The number of hydrogen-bond acceptors (Lipinski definition) is 3. The molecule has 1 aromatic rings. The molecule has 1 rings (SSSR count). The summed E-state index contributed by atoms with van der Waals surface area (Å²) in [6, 6.07) is 8.25. The van der Waals surface area contributed by atoms with Crippen LogP contribution in [0.25, 0.3) is 0 Å². The molecule has 0 saturated carbocycles. The van der Waals surface area contributed by atoms with Crippen LogP contribution in [0.1, 0.15) is 19.4 Å². The number of alkyl halides is 2. The number of ether oxygens (including phenoxy) is 1. The van der Waals surface area contributed by atoms with Gasteiger partial charge in [-0.15, -0.1) is 0 Å². The van der Waals surface area contributed by atoms with Crippen LogP contribution in [0.15, 0.2) is 30.3 Å². The van der Waals surface area contributed by atoms with E-state index in [2.05, 4.69) is 4.74 Å². The second-order valence-electron chi connectivity index (χ2n) is 4.21. The SMILES string of the molecule is CCOC(=O)C(Cc1ccccc1)(C(C)=O)C(F)F. The van der Waals surface area contributed by atoms with Crippen molar-refractivity contribution in [2.75, 3.05) is 6.61 Å². The van der Waals surface area contributed by atoms with Crippen molar-refractivity contribution in [2.24, 2.45) is 5.41 Å². The Morgan fingerprint density at radius 1 is 1.26 bits per heavy atom. The predicted octanol–water partition coefficient (Wildman–Crippen LogP) is 2.63. The van der Waals surface area contributed by atoms with Gasteiger partial charge in [0.2, 0.25) is 0 Å². The van der Waals surface area contributed by atoms with E-state index in [-0.39, 0.29) is 13.0 Å². The van der Waals surface area contributed by atoms with Gasteiger partial charge in [0, 0.05) is 6.42 Å². The molecule has 0 N–H and O–H groups in total. The average Bonchev–Trinajstić information content (AvgIpc) is 2.36. The topological polar surface area (TPSA) is 43.4 Å². The Kier molecular flexibility index (Phi) is 5.15. The number of carbonyl (C=O) groups is 2. The summed E-state index contributed by atoms with van der Waals surface area (Å²) in [6.45, 7) is 2.46. The van der Waals surface area contributed by atoms with Crippen molar-refractivity contribution in [1.82, 2.24) is 0 Å². The van der Waals surface area contributed by atoms with Crippen LogP contribution >= 0.6 is 0 Å². The molecule has 5 heteroatoms. The first kappa shape index (κ1) is 15.3. The Hall–Kier alpha value is -1.78. The summed E-state index contributed by atoms with van der Waals surface area (Å²) < 4.78 is 31.3. The Labute approximate surface area is 110 Å². The van der Waals surface area contributed by atoms with Crippen molar-refractivity contribution >= 4 is 11.8 Å². The summed E-state index contributed by atoms with van der Waals surface area (Å²) in [7, 11) is 0. The summed E-state index contributed by atoms with van der Waals surface area (Å²) in [5, 5.41) is 0. The lowest BCUT2D eigenvalue weighted by Gasteiger charge is -2.28. The van der Waals surface area contributed by atoms with E-state index < -0.39 is 23.6 Å². The quantitative estimate of drug-likeness (QED) is 0.589. The van der Waals surface area contributed by atoms with Crippen molar-refractivity contribution in [1.29, 1.82) is 0 Å². The highest BCUT2D eigenvalue weighted by Crippen LogP contribution is 2.33.